The maximum Gasteiger partial charge on any atom is 0.321 e. The molecule has 9 heteroatoms. The van der Waals surface area contributed by atoms with E-state index in [1.807, 2.05) is 27.0 Å². The van der Waals surface area contributed by atoms with Gasteiger partial charge in [-0.15, -0.1) is 10.2 Å². The van der Waals surface area contributed by atoms with Gasteiger partial charge in [0.2, 0.25) is 5.91 Å². The second kappa shape index (κ2) is 8.53. The third-order valence-corrected chi connectivity index (χ3v) is 4.36. The van der Waals surface area contributed by atoms with E-state index in [4.69, 9.17) is 4.42 Å². The van der Waals surface area contributed by atoms with Gasteiger partial charge in [0, 0.05) is 13.6 Å². The molecule has 3 amide bonds. The molecule has 24 heavy (non-hydrogen) atoms. The van der Waals surface area contributed by atoms with Gasteiger partial charge in [-0.3, -0.25) is 10.1 Å². The van der Waals surface area contributed by atoms with Crippen molar-refractivity contribution in [2.75, 3.05) is 12.3 Å². The van der Waals surface area contributed by atoms with Crippen molar-refractivity contribution in [1.82, 2.24) is 25.4 Å². The number of imide groups is 1. The molecule has 130 valence electrons. The molecular weight excluding hydrogens is 330 g/mol. The van der Waals surface area contributed by atoms with E-state index in [2.05, 4.69) is 20.8 Å². The minimum Gasteiger partial charge on any atom is -0.469 e. The lowest BCUT2D eigenvalue weighted by atomic mass is 10.2. The van der Waals surface area contributed by atoms with Crippen molar-refractivity contribution in [3.8, 4) is 11.4 Å². The normalized spacial score (nSPS) is 10.6. The van der Waals surface area contributed by atoms with Gasteiger partial charge in [-0.2, -0.15) is 0 Å². The van der Waals surface area contributed by atoms with Crippen LogP contribution in [0.4, 0.5) is 4.79 Å². The zero-order chi connectivity index (χ0) is 17.5. The zero-order valence-corrected chi connectivity index (χ0v) is 14.8. The van der Waals surface area contributed by atoms with E-state index in [-0.39, 0.29) is 11.7 Å². The smallest absolute Gasteiger partial charge is 0.321 e. The summed E-state index contributed by atoms with van der Waals surface area (Å²) in [6.45, 7) is 4.43. The lowest BCUT2D eigenvalue weighted by molar-refractivity contribution is -0.117. The summed E-state index contributed by atoms with van der Waals surface area (Å²) in [6, 6.07) is 1.35. The van der Waals surface area contributed by atoms with Crippen LogP contribution in [-0.4, -0.2) is 39.0 Å². The summed E-state index contributed by atoms with van der Waals surface area (Å²) in [7, 11) is 1.82. The van der Waals surface area contributed by atoms with E-state index in [1.54, 1.807) is 10.8 Å². The maximum atomic E-state index is 11.8. The van der Waals surface area contributed by atoms with E-state index in [1.165, 1.54) is 11.8 Å². The molecule has 2 heterocycles. The molecule has 0 aliphatic carbocycles. The van der Waals surface area contributed by atoms with Gasteiger partial charge >= 0.3 is 6.03 Å². The number of carbonyl (C=O) groups excluding carboxylic acids is 2. The van der Waals surface area contributed by atoms with E-state index in [0.717, 1.165) is 24.2 Å². The largest absolute Gasteiger partial charge is 0.469 e. The lowest BCUT2D eigenvalue weighted by Gasteiger charge is -2.06. The van der Waals surface area contributed by atoms with Crippen LogP contribution in [0.3, 0.4) is 0 Å². The first-order chi connectivity index (χ1) is 11.5. The summed E-state index contributed by atoms with van der Waals surface area (Å²) in [4.78, 5) is 23.3. The molecule has 0 saturated carbocycles. The molecule has 2 N–H and O–H groups in total. The molecule has 2 aromatic rings. The summed E-state index contributed by atoms with van der Waals surface area (Å²) >= 11 is 1.22. The van der Waals surface area contributed by atoms with Crippen LogP contribution in [0, 0.1) is 6.92 Å². The Balaban J connectivity index is 1.87. The number of nitrogens with one attached hydrogen (secondary N) is 2. The Morgan fingerprint density at radius 3 is 2.83 bits per heavy atom. The fourth-order valence-electron chi connectivity index (χ4n) is 2.01. The predicted octanol–water partition coefficient (Wildman–Crippen LogP) is 2.10. The Morgan fingerprint density at radius 2 is 2.17 bits per heavy atom. The zero-order valence-electron chi connectivity index (χ0n) is 14.0. The van der Waals surface area contributed by atoms with Crippen molar-refractivity contribution in [3.05, 3.63) is 18.1 Å². The highest BCUT2D eigenvalue weighted by molar-refractivity contribution is 7.99. The number of hydrogen-bond donors (Lipinski definition) is 2. The molecule has 0 aliphatic rings. The molecule has 0 radical (unpaired) electrons. The minimum absolute atomic E-state index is 0.0809. The standard InChI is InChI=1S/C15H21N5O3S/c1-4-5-7-16-14(22)17-12(21)9-24-15-19-18-13(20(15)3)11-6-8-23-10(11)2/h6,8H,4-5,7,9H2,1-3H3,(H2,16,17,21,22). The van der Waals surface area contributed by atoms with Crippen molar-refractivity contribution in [2.24, 2.45) is 7.05 Å². The molecule has 0 fully saturated rings. The number of hydrogen-bond acceptors (Lipinski definition) is 6. The van der Waals surface area contributed by atoms with Gasteiger partial charge in [0.1, 0.15) is 5.76 Å². The van der Waals surface area contributed by atoms with Gasteiger partial charge < -0.3 is 14.3 Å². The van der Waals surface area contributed by atoms with Crippen LogP contribution >= 0.6 is 11.8 Å². The van der Waals surface area contributed by atoms with Crippen molar-refractivity contribution < 1.29 is 14.0 Å². The van der Waals surface area contributed by atoms with Crippen molar-refractivity contribution in [3.63, 3.8) is 0 Å². The first-order valence-electron chi connectivity index (χ1n) is 7.67. The Kier molecular flexibility index (Phi) is 6.42. The van der Waals surface area contributed by atoms with E-state index < -0.39 is 6.03 Å². The number of aryl methyl sites for hydroxylation is 1. The SMILES string of the molecule is CCCCNC(=O)NC(=O)CSc1nnc(-c2ccoc2C)n1C. The highest BCUT2D eigenvalue weighted by Gasteiger charge is 2.16. The summed E-state index contributed by atoms with van der Waals surface area (Å²) in [6.07, 6.45) is 3.46. The molecule has 8 nitrogen and oxygen atoms in total. The number of thioether (sulfide) groups is 1. The number of nitrogens with zero attached hydrogens (tertiary/aromatic N) is 3. The van der Waals surface area contributed by atoms with Crippen LogP contribution in [0.15, 0.2) is 21.9 Å². The van der Waals surface area contributed by atoms with Crippen LogP contribution in [0.25, 0.3) is 11.4 Å². The summed E-state index contributed by atoms with van der Waals surface area (Å²) in [5.41, 5.74) is 0.858. The average molecular weight is 351 g/mol. The maximum absolute atomic E-state index is 11.8. The first-order valence-corrected chi connectivity index (χ1v) is 8.65. The number of unbranched alkanes of at least 4 members (excludes halogenated alkanes) is 1. The molecule has 2 aromatic heterocycles. The third-order valence-electron chi connectivity index (χ3n) is 3.34. The second-order valence-electron chi connectivity index (χ2n) is 5.20. The molecule has 0 spiro atoms. The number of amides is 3. The van der Waals surface area contributed by atoms with Gasteiger partial charge in [0.15, 0.2) is 11.0 Å². The Hall–Kier alpha value is -2.29. The Bertz CT molecular complexity index is 710. The van der Waals surface area contributed by atoms with Crippen LogP contribution in [-0.2, 0) is 11.8 Å². The minimum atomic E-state index is -0.471. The molecule has 0 unspecified atom stereocenters. The Labute approximate surface area is 144 Å². The monoisotopic (exact) mass is 351 g/mol. The van der Waals surface area contributed by atoms with Crippen molar-refractivity contribution >= 4 is 23.7 Å². The summed E-state index contributed by atoms with van der Waals surface area (Å²) in [5.74, 6) is 1.13. The van der Waals surface area contributed by atoms with Gasteiger partial charge in [0.05, 0.1) is 17.6 Å². The van der Waals surface area contributed by atoms with Gasteiger partial charge in [0.25, 0.3) is 0 Å². The number of urea groups is 1. The van der Waals surface area contributed by atoms with Crippen LogP contribution in [0.5, 0.6) is 0 Å². The molecule has 0 saturated heterocycles. The average Bonchev–Trinajstić information content (AvgIpc) is 3.11. The highest BCUT2D eigenvalue weighted by atomic mass is 32.2. The molecule has 0 aromatic carbocycles. The molecule has 0 aliphatic heterocycles. The van der Waals surface area contributed by atoms with Gasteiger partial charge in [-0.05, 0) is 19.4 Å². The second-order valence-corrected chi connectivity index (χ2v) is 6.14. The molecule has 0 atom stereocenters. The molecule has 2 rings (SSSR count). The van der Waals surface area contributed by atoms with E-state index in [9.17, 15) is 9.59 Å². The number of rotatable bonds is 7. The van der Waals surface area contributed by atoms with Gasteiger partial charge in [-0.1, -0.05) is 25.1 Å². The topological polar surface area (TPSA) is 102 Å². The van der Waals surface area contributed by atoms with Crippen LogP contribution in [0.2, 0.25) is 0 Å². The van der Waals surface area contributed by atoms with Crippen LogP contribution in [0.1, 0.15) is 25.5 Å². The quantitative estimate of drug-likeness (QED) is 0.585. The van der Waals surface area contributed by atoms with Crippen LogP contribution < -0.4 is 10.6 Å². The fourth-order valence-corrected chi connectivity index (χ4v) is 2.72. The molecule has 0 bridgehead atoms. The lowest BCUT2D eigenvalue weighted by Crippen LogP contribution is -2.40. The molecular formula is C15H21N5O3S. The highest BCUT2D eigenvalue weighted by Crippen LogP contribution is 2.25. The number of carbonyl (C=O) groups is 2. The first kappa shape index (κ1) is 18.1. The third kappa shape index (κ3) is 4.60. The number of aromatic nitrogens is 3. The fraction of sp³-hybridized carbons (Fsp3) is 0.467. The van der Waals surface area contributed by atoms with E-state index in [0.29, 0.717) is 17.5 Å². The summed E-state index contributed by atoms with van der Waals surface area (Å²) < 4.78 is 7.06. The Morgan fingerprint density at radius 1 is 1.38 bits per heavy atom. The summed E-state index contributed by atoms with van der Waals surface area (Å²) in [5, 5.41) is 13.7. The van der Waals surface area contributed by atoms with Crippen molar-refractivity contribution in [1.29, 1.82) is 0 Å². The van der Waals surface area contributed by atoms with Crippen molar-refractivity contribution in [2.45, 2.75) is 31.8 Å². The van der Waals surface area contributed by atoms with E-state index >= 15 is 0 Å². The van der Waals surface area contributed by atoms with Gasteiger partial charge in [-0.25, -0.2) is 4.79 Å². The number of furan rings is 1. The predicted molar refractivity (Wildman–Crippen MR) is 90.6 cm³/mol.